The second-order valence-electron chi connectivity index (χ2n) is 4.72. The van der Waals surface area contributed by atoms with Crippen molar-refractivity contribution in [2.75, 3.05) is 6.61 Å². The van der Waals surface area contributed by atoms with Crippen molar-refractivity contribution in [3.63, 3.8) is 0 Å². The summed E-state index contributed by atoms with van der Waals surface area (Å²) in [5.41, 5.74) is 0.167. The molecular weight excluding hydrogens is 281 g/mol. The lowest BCUT2D eigenvalue weighted by atomic mass is 10.1. The maximum Gasteiger partial charge on any atom is 0.306 e. The van der Waals surface area contributed by atoms with Crippen molar-refractivity contribution in [1.82, 2.24) is 0 Å². The van der Waals surface area contributed by atoms with Crippen molar-refractivity contribution < 1.29 is 23.0 Å². The lowest BCUT2D eigenvalue weighted by Gasteiger charge is -2.18. The lowest BCUT2D eigenvalue weighted by Crippen LogP contribution is -2.23. The first-order chi connectivity index (χ1) is 9.90. The van der Waals surface area contributed by atoms with Crippen LogP contribution < -0.4 is 4.74 Å². The summed E-state index contributed by atoms with van der Waals surface area (Å²) >= 11 is 0. The summed E-state index contributed by atoms with van der Waals surface area (Å²) in [7, 11) is 0. The van der Waals surface area contributed by atoms with E-state index in [9.17, 15) is 18.3 Å². The van der Waals surface area contributed by atoms with Crippen LogP contribution in [0.15, 0.2) is 48.5 Å². The number of halogens is 3. The molecule has 0 saturated heterocycles. The Bertz CT molecular complexity index is 598. The molecule has 1 N–H and O–H groups in total. The summed E-state index contributed by atoms with van der Waals surface area (Å²) < 4.78 is 46.4. The molecule has 0 saturated carbocycles. The Morgan fingerprint density at radius 2 is 1.81 bits per heavy atom. The smallest absolute Gasteiger partial charge is 0.306 e. The largest absolute Gasteiger partial charge is 0.484 e. The zero-order valence-corrected chi connectivity index (χ0v) is 11.4. The molecule has 0 spiro atoms. The molecule has 0 aromatic heterocycles. The summed E-state index contributed by atoms with van der Waals surface area (Å²) in [6.07, 6.45) is -0.834. The third kappa shape index (κ3) is 3.76. The van der Waals surface area contributed by atoms with Crippen LogP contribution in [0.2, 0.25) is 0 Å². The average Bonchev–Trinajstić information content (AvgIpc) is 2.46. The normalized spacial score (nSPS) is 13.0. The highest BCUT2D eigenvalue weighted by Gasteiger charge is 2.32. The predicted octanol–water partition coefficient (Wildman–Crippen LogP) is 4.05. The Labute approximate surface area is 120 Å². The van der Waals surface area contributed by atoms with Crippen molar-refractivity contribution in [1.29, 1.82) is 0 Å². The van der Waals surface area contributed by atoms with E-state index in [4.69, 9.17) is 4.74 Å². The van der Waals surface area contributed by atoms with Crippen LogP contribution in [0.1, 0.15) is 24.2 Å². The number of aliphatic hydroxyl groups excluding tert-OH is 1. The zero-order valence-electron chi connectivity index (χ0n) is 11.4. The van der Waals surface area contributed by atoms with Gasteiger partial charge in [0.2, 0.25) is 0 Å². The summed E-state index contributed by atoms with van der Waals surface area (Å²) in [6, 6.07) is 11.0. The van der Waals surface area contributed by atoms with Gasteiger partial charge in [0.25, 0.3) is 0 Å². The molecule has 2 rings (SSSR count). The van der Waals surface area contributed by atoms with Crippen LogP contribution >= 0.6 is 0 Å². The fourth-order valence-electron chi connectivity index (χ4n) is 1.83. The Morgan fingerprint density at radius 3 is 2.38 bits per heavy atom. The molecule has 1 atom stereocenters. The van der Waals surface area contributed by atoms with Gasteiger partial charge in [-0.05, 0) is 24.6 Å². The van der Waals surface area contributed by atoms with Crippen LogP contribution in [-0.4, -0.2) is 11.7 Å². The molecule has 2 aromatic carbocycles. The topological polar surface area (TPSA) is 29.5 Å². The van der Waals surface area contributed by atoms with Crippen LogP contribution in [0.4, 0.5) is 13.2 Å². The van der Waals surface area contributed by atoms with Crippen LogP contribution in [0.5, 0.6) is 5.75 Å². The molecule has 21 heavy (non-hydrogen) atoms. The van der Waals surface area contributed by atoms with Crippen LogP contribution in [0, 0.1) is 5.82 Å². The lowest BCUT2D eigenvalue weighted by molar-refractivity contribution is -0.0475. The van der Waals surface area contributed by atoms with Gasteiger partial charge in [0.15, 0.2) is 18.2 Å². The summed E-state index contributed by atoms with van der Waals surface area (Å²) in [5, 5.41) is 9.32. The van der Waals surface area contributed by atoms with Crippen molar-refractivity contribution in [3.8, 4) is 5.75 Å². The van der Waals surface area contributed by atoms with E-state index in [1.807, 2.05) is 0 Å². The Hall–Kier alpha value is -2.01. The molecule has 5 heteroatoms. The van der Waals surface area contributed by atoms with E-state index >= 15 is 0 Å². The molecule has 2 aromatic rings. The number of rotatable bonds is 5. The van der Waals surface area contributed by atoms with Gasteiger partial charge in [-0.2, -0.15) is 8.78 Å². The number of hydrogen-bond donors (Lipinski definition) is 1. The number of ether oxygens (including phenoxy) is 1. The Balaban J connectivity index is 2.09. The monoisotopic (exact) mass is 296 g/mol. The minimum Gasteiger partial charge on any atom is -0.484 e. The minimum atomic E-state index is -3.21. The molecule has 0 radical (unpaired) electrons. The Kier molecular flexibility index (Phi) is 4.53. The fraction of sp³-hybridized carbons (Fsp3) is 0.250. The van der Waals surface area contributed by atoms with E-state index in [0.29, 0.717) is 5.56 Å². The van der Waals surface area contributed by atoms with Gasteiger partial charge in [-0.1, -0.05) is 36.4 Å². The fourth-order valence-corrected chi connectivity index (χ4v) is 1.83. The van der Waals surface area contributed by atoms with Crippen molar-refractivity contribution in [2.45, 2.75) is 19.0 Å². The molecule has 0 aliphatic rings. The van der Waals surface area contributed by atoms with Gasteiger partial charge in [-0.25, -0.2) is 4.39 Å². The first-order valence-corrected chi connectivity index (χ1v) is 6.44. The van der Waals surface area contributed by atoms with Crippen LogP contribution in [-0.2, 0) is 5.92 Å². The van der Waals surface area contributed by atoms with E-state index in [0.717, 1.165) is 6.07 Å². The van der Waals surface area contributed by atoms with Gasteiger partial charge in [0, 0.05) is 5.56 Å². The number of aliphatic hydroxyl groups is 1. The molecule has 0 fully saturated rings. The van der Waals surface area contributed by atoms with Gasteiger partial charge in [-0.3, -0.25) is 0 Å². The molecule has 112 valence electrons. The molecule has 0 heterocycles. The van der Waals surface area contributed by atoms with Gasteiger partial charge in [0.1, 0.15) is 0 Å². The van der Waals surface area contributed by atoms with Crippen LogP contribution in [0.25, 0.3) is 0 Å². The van der Waals surface area contributed by atoms with E-state index in [2.05, 4.69) is 0 Å². The van der Waals surface area contributed by atoms with Crippen LogP contribution in [0.3, 0.4) is 0 Å². The first-order valence-electron chi connectivity index (χ1n) is 6.44. The standard InChI is InChI=1S/C16H15F3O2/c1-11(20)12-7-8-15(14(17)9-12)21-10-16(18,19)13-5-3-2-4-6-13/h2-9,11,20H,10H2,1H3. The highest BCUT2D eigenvalue weighted by Crippen LogP contribution is 2.30. The van der Waals surface area contributed by atoms with Gasteiger partial charge >= 0.3 is 5.92 Å². The average molecular weight is 296 g/mol. The number of benzene rings is 2. The molecule has 0 aliphatic heterocycles. The molecule has 0 bridgehead atoms. The number of hydrogen-bond acceptors (Lipinski definition) is 2. The van der Waals surface area contributed by atoms with E-state index in [1.54, 1.807) is 6.07 Å². The first kappa shape index (κ1) is 15.4. The van der Waals surface area contributed by atoms with Gasteiger partial charge in [0.05, 0.1) is 6.10 Å². The second-order valence-corrected chi connectivity index (χ2v) is 4.72. The summed E-state index contributed by atoms with van der Waals surface area (Å²) in [6.45, 7) is 0.529. The summed E-state index contributed by atoms with van der Waals surface area (Å²) in [5.74, 6) is -4.26. The highest BCUT2D eigenvalue weighted by atomic mass is 19.3. The second kappa shape index (κ2) is 6.18. The Morgan fingerprint density at radius 1 is 1.14 bits per heavy atom. The molecule has 2 nitrogen and oxygen atoms in total. The maximum absolute atomic E-state index is 13.9. The highest BCUT2D eigenvalue weighted by molar-refractivity contribution is 5.30. The maximum atomic E-state index is 13.9. The SMILES string of the molecule is CC(O)c1ccc(OCC(F)(F)c2ccccc2)c(F)c1. The van der Waals surface area contributed by atoms with Crippen molar-refractivity contribution in [2.24, 2.45) is 0 Å². The molecular formula is C16H15F3O2. The van der Waals surface area contributed by atoms with E-state index < -0.39 is 24.5 Å². The van der Waals surface area contributed by atoms with E-state index in [-0.39, 0.29) is 11.3 Å². The third-order valence-corrected chi connectivity index (χ3v) is 3.04. The van der Waals surface area contributed by atoms with Crippen molar-refractivity contribution >= 4 is 0 Å². The molecule has 0 amide bonds. The number of alkyl halides is 2. The third-order valence-electron chi connectivity index (χ3n) is 3.04. The summed E-state index contributed by atoms with van der Waals surface area (Å²) in [4.78, 5) is 0. The quantitative estimate of drug-likeness (QED) is 0.902. The zero-order chi connectivity index (χ0) is 15.5. The molecule has 1 unspecified atom stereocenters. The van der Waals surface area contributed by atoms with Crippen molar-refractivity contribution in [3.05, 3.63) is 65.5 Å². The van der Waals surface area contributed by atoms with Gasteiger partial charge < -0.3 is 9.84 Å². The van der Waals surface area contributed by atoms with Gasteiger partial charge in [-0.15, -0.1) is 0 Å². The minimum absolute atomic E-state index is 0.189. The van der Waals surface area contributed by atoms with E-state index in [1.165, 1.54) is 43.3 Å². The molecule has 0 aliphatic carbocycles. The predicted molar refractivity (Wildman–Crippen MR) is 72.9 cm³/mol.